The zero-order valence-electron chi connectivity index (χ0n) is 12.0. The molecule has 1 aromatic carbocycles. The Kier molecular flexibility index (Phi) is 4.09. The molecule has 1 fully saturated rings. The molecular weight excluding hydrogens is 262 g/mol. The van der Waals surface area contributed by atoms with Gasteiger partial charge in [0.05, 0.1) is 17.8 Å². The third-order valence-corrected chi connectivity index (χ3v) is 3.70. The van der Waals surface area contributed by atoms with Gasteiger partial charge in [-0.3, -0.25) is 0 Å². The lowest BCUT2D eigenvalue weighted by Crippen LogP contribution is -2.52. The fourth-order valence-electron chi connectivity index (χ4n) is 2.70. The van der Waals surface area contributed by atoms with Crippen LogP contribution in [-0.4, -0.2) is 29.9 Å². The van der Waals surface area contributed by atoms with Gasteiger partial charge in [0.15, 0.2) is 0 Å². The highest BCUT2D eigenvalue weighted by molar-refractivity contribution is 6.31. The van der Waals surface area contributed by atoms with Crippen molar-refractivity contribution < 1.29 is 9.84 Å². The van der Waals surface area contributed by atoms with Crippen molar-refractivity contribution in [2.45, 2.75) is 45.5 Å². The molecule has 1 saturated heterocycles. The Balaban J connectivity index is 2.24. The van der Waals surface area contributed by atoms with E-state index in [-0.39, 0.29) is 11.7 Å². The summed E-state index contributed by atoms with van der Waals surface area (Å²) in [5.41, 5.74) is 1.69. The van der Waals surface area contributed by atoms with Gasteiger partial charge in [0.25, 0.3) is 0 Å². The van der Waals surface area contributed by atoms with Gasteiger partial charge in [-0.2, -0.15) is 0 Å². The minimum absolute atomic E-state index is 0.160. The van der Waals surface area contributed by atoms with Crippen LogP contribution >= 0.6 is 11.6 Å². The molecule has 1 N–H and O–H groups in total. The van der Waals surface area contributed by atoms with Crippen LogP contribution in [0.5, 0.6) is 0 Å². The highest BCUT2D eigenvalue weighted by atomic mass is 35.5. The lowest BCUT2D eigenvalue weighted by Gasteiger charge is -2.43. The normalized spacial score (nSPS) is 24.3. The predicted molar refractivity (Wildman–Crippen MR) is 78.9 cm³/mol. The first-order valence-corrected chi connectivity index (χ1v) is 7.06. The summed E-state index contributed by atoms with van der Waals surface area (Å²) in [6.07, 6.45) is -0.347. The Labute approximate surface area is 120 Å². The van der Waals surface area contributed by atoms with Gasteiger partial charge in [-0.15, -0.1) is 0 Å². The first-order valence-electron chi connectivity index (χ1n) is 6.69. The summed E-state index contributed by atoms with van der Waals surface area (Å²) in [4.78, 5) is 2.28. The van der Waals surface area contributed by atoms with Crippen LogP contribution in [0.15, 0.2) is 18.2 Å². The van der Waals surface area contributed by atoms with Gasteiger partial charge >= 0.3 is 0 Å². The molecule has 0 aliphatic carbocycles. The van der Waals surface area contributed by atoms with Crippen LogP contribution in [0.4, 0.5) is 5.69 Å². The molecule has 1 aliphatic rings. The number of halogens is 1. The molecule has 1 aromatic rings. The summed E-state index contributed by atoms with van der Waals surface area (Å²) in [6.45, 7) is 9.69. The van der Waals surface area contributed by atoms with Crippen LogP contribution in [0.1, 0.15) is 39.4 Å². The number of aliphatic hydroxyl groups is 1. The second-order valence-electron chi connectivity index (χ2n) is 5.95. The standard InChI is InChI=1S/C15H22ClNO2/c1-10-8-17(9-15(3,4)19-10)12-5-6-13(11(2)18)14(16)7-12/h5-7,10-11,18H,8-9H2,1-4H3. The molecule has 19 heavy (non-hydrogen) atoms. The summed E-state index contributed by atoms with van der Waals surface area (Å²) in [5, 5.41) is 10.2. The maximum atomic E-state index is 9.61. The van der Waals surface area contributed by atoms with Crippen molar-refractivity contribution in [3.8, 4) is 0 Å². The van der Waals surface area contributed by atoms with Crippen molar-refractivity contribution in [3.05, 3.63) is 28.8 Å². The first-order chi connectivity index (χ1) is 8.78. The van der Waals surface area contributed by atoms with Crippen molar-refractivity contribution in [3.63, 3.8) is 0 Å². The van der Waals surface area contributed by atoms with Crippen molar-refractivity contribution in [2.24, 2.45) is 0 Å². The second kappa shape index (κ2) is 5.31. The Hall–Kier alpha value is -0.770. The van der Waals surface area contributed by atoms with E-state index in [4.69, 9.17) is 16.3 Å². The highest BCUT2D eigenvalue weighted by Gasteiger charge is 2.31. The molecule has 0 saturated carbocycles. The van der Waals surface area contributed by atoms with Gasteiger partial charge in [0.2, 0.25) is 0 Å². The summed E-state index contributed by atoms with van der Waals surface area (Å²) >= 11 is 6.23. The van der Waals surface area contributed by atoms with E-state index in [1.54, 1.807) is 6.92 Å². The Morgan fingerprint density at radius 1 is 1.47 bits per heavy atom. The molecule has 1 heterocycles. The summed E-state index contributed by atoms with van der Waals surface area (Å²) in [6, 6.07) is 5.84. The largest absolute Gasteiger partial charge is 0.389 e. The molecule has 1 aliphatic heterocycles. The van der Waals surface area contributed by atoms with Crippen molar-refractivity contribution in [1.82, 2.24) is 0 Å². The molecule has 0 amide bonds. The molecular formula is C15H22ClNO2. The monoisotopic (exact) mass is 283 g/mol. The SMILES string of the molecule is CC1CN(c2ccc(C(C)O)c(Cl)c2)CC(C)(C)O1. The Morgan fingerprint density at radius 2 is 2.16 bits per heavy atom. The average molecular weight is 284 g/mol. The number of ether oxygens (including phenoxy) is 1. The van der Waals surface area contributed by atoms with Gasteiger partial charge < -0.3 is 14.7 Å². The third-order valence-electron chi connectivity index (χ3n) is 3.37. The maximum Gasteiger partial charge on any atom is 0.0805 e. The zero-order chi connectivity index (χ0) is 14.2. The van der Waals surface area contributed by atoms with Crippen LogP contribution in [-0.2, 0) is 4.74 Å². The number of rotatable bonds is 2. The van der Waals surface area contributed by atoms with Gasteiger partial charge in [0, 0.05) is 23.8 Å². The maximum absolute atomic E-state index is 9.61. The molecule has 2 unspecified atom stereocenters. The number of hydrogen-bond acceptors (Lipinski definition) is 3. The van der Waals surface area contributed by atoms with Crippen LogP contribution in [0.3, 0.4) is 0 Å². The van der Waals surface area contributed by atoms with E-state index in [9.17, 15) is 5.11 Å². The number of morpholine rings is 1. The number of nitrogens with zero attached hydrogens (tertiary/aromatic N) is 1. The molecule has 3 nitrogen and oxygen atoms in total. The Bertz CT molecular complexity index is 459. The molecule has 0 spiro atoms. The molecule has 4 heteroatoms. The zero-order valence-corrected chi connectivity index (χ0v) is 12.7. The molecule has 0 aromatic heterocycles. The summed E-state index contributed by atoms with van der Waals surface area (Å²) in [5.74, 6) is 0. The van der Waals surface area contributed by atoms with E-state index in [1.807, 2.05) is 18.2 Å². The van der Waals surface area contributed by atoms with Crippen molar-refractivity contribution in [1.29, 1.82) is 0 Å². The predicted octanol–water partition coefficient (Wildman–Crippen LogP) is 3.40. The second-order valence-corrected chi connectivity index (χ2v) is 6.36. The summed E-state index contributed by atoms with van der Waals surface area (Å²) in [7, 11) is 0. The highest BCUT2D eigenvalue weighted by Crippen LogP contribution is 2.31. The van der Waals surface area contributed by atoms with Gasteiger partial charge in [-0.05, 0) is 45.4 Å². The lowest BCUT2D eigenvalue weighted by atomic mass is 10.0. The topological polar surface area (TPSA) is 32.7 Å². The van der Waals surface area contributed by atoms with E-state index < -0.39 is 6.10 Å². The third kappa shape index (κ3) is 3.41. The van der Waals surface area contributed by atoms with E-state index >= 15 is 0 Å². The van der Waals surface area contributed by atoms with Crippen LogP contribution in [0.2, 0.25) is 5.02 Å². The number of anilines is 1. The van der Waals surface area contributed by atoms with Gasteiger partial charge in [-0.25, -0.2) is 0 Å². The number of benzene rings is 1. The minimum Gasteiger partial charge on any atom is -0.389 e. The van der Waals surface area contributed by atoms with E-state index in [1.165, 1.54) is 0 Å². The quantitative estimate of drug-likeness (QED) is 0.903. The Morgan fingerprint density at radius 3 is 2.68 bits per heavy atom. The molecule has 0 bridgehead atoms. The average Bonchev–Trinajstić information content (AvgIpc) is 2.25. The van der Waals surface area contributed by atoms with Crippen molar-refractivity contribution in [2.75, 3.05) is 18.0 Å². The van der Waals surface area contributed by atoms with E-state index in [0.717, 1.165) is 24.3 Å². The van der Waals surface area contributed by atoms with Crippen molar-refractivity contribution >= 4 is 17.3 Å². The number of hydrogen-bond donors (Lipinski definition) is 1. The lowest BCUT2D eigenvalue weighted by molar-refractivity contribution is -0.0749. The molecule has 0 radical (unpaired) electrons. The van der Waals surface area contributed by atoms with Crippen LogP contribution in [0, 0.1) is 0 Å². The summed E-state index contributed by atoms with van der Waals surface area (Å²) < 4.78 is 5.90. The van der Waals surface area contributed by atoms with Crippen LogP contribution in [0.25, 0.3) is 0 Å². The fraction of sp³-hybridized carbons (Fsp3) is 0.600. The van der Waals surface area contributed by atoms with E-state index in [0.29, 0.717) is 5.02 Å². The number of aliphatic hydroxyl groups excluding tert-OH is 1. The van der Waals surface area contributed by atoms with Crippen LogP contribution < -0.4 is 4.90 Å². The van der Waals surface area contributed by atoms with Gasteiger partial charge in [-0.1, -0.05) is 17.7 Å². The minimum atomic E-state index is -0.540. The fourth-order valence-corrected chi connectivity index (χ4v) is 3.03. The molecule has 2 rings (SSSR count). The van der Waals surface area contributed by atoms with E-state index in [2.05, 4.69) is 25.7 Å². The molecule has 2 atom stereocenters. The smallest absolute Gasteiger partial charge is 0.0805 e. The van der Waals surface area contributed by atoms with Gasteiger partial charge in [0.1, 0.15) is 0 Å². The first kappa shape index (κ1) is 14.6. The molecule has 106 valence electrons.